The van der Waals surface area contributed by atoms with Crippen LogP contribution >= 0.6 is 11.6 Å². The summed E-state index contributed by atoms with van der Waals surface area (Å²) >= 11 is 5.95. The van der Waals surface area contributed by atoms with Crippen molar-refractivity contribution in [3.63, 3.8) is 0 Å². The Morgan fingerprint density at radius 2 is 1.78 bits per heavy atom. The zero-order valence-electron chi connectivity index (χ0n) is 14.9. The molecule has 27 heavy (non-hydrogen) atoms. The maximum atomic E-state index is 13.0. The molecule has 2 bridgehead atoms. The number of hydrogen-bond acceptors (Lipinski definition) is 2. The highest BCUT2D eigenvalue weighted by Crippen LogP contribution is 2.70. The normalized spacial score (nSPS) is 26.3. The molecule has 6 heteroatoms. The lowest BCUT2D eigenvalue weighted by Gasteiger charge is -2.72. The lowest BCUT2D eigenvalue weighted by atomic mass is 9.36. The minimum Gasteiger partial charge on any atom is -0.347 e. The molecule has 2 aromatic rings. The van der Waals surface area contributed by atoms with Gasteiger partial charge in [0, 0.05) is 27.7 Å². The molecule has 0 saturated heterocycles. The van der Waals surface area contributed by atoms with Gasteiger partial charge in [-0.2, -0.15) is 0 Å². The standard InChI is InChI=1S/C21H20ClFN2O2/c1-13(18(26)24-17-7-5-16(23)6-8-17)20-10-21(11-20,12-20)25-19(27)14-3-2-4-15(22)9-14/h2-9,13H,10-12H2,1H3,(H,24,26)(H,25,27). The SMILES string of the molecule is CC(C(=O)Nc1ccc(F)cc1)C12CC(NC(=O)c3cccc(Cl)c3)(C1)C2. The second-order valence-corrected chi connectivity index (χ2v) is 8.29. The van der Waals surface area contributed by atoms with E-state index in [0.29, 0.717) is 16.3 Å². The van der Waals surface area contributed by atoms with Gasteiger partial charge in [-0.3, -0.25) is 9.59 Å². The zero-order valence-corrected chi connectivity index (χ0v) is 15.6. The van der Waals surface area contributed by atoms with E-state index >= 15 is 0 Å². The van der Waals surface area contributed by atoms with Crippen molar-refractivity contribution in [2.45, 2.75) is 31.7 Å². The lowest BCUT2D eigenvalue weighted by Crippen LogP contribution is -2.77. The van der Waals surface area contributed by atoms with E-state index in [-0.39, 0.29) is 34.5 Å². The molecule has 2 aromatic carbocycles. The molecular formula is C21H20ClFN2O2. The number of amides is 2. The second kappa shape index (κ2) is 6.34. The Hall–Kier alpha value is -2.40. The van der Waals surface area contributed by atoms with Crippen LogP contribution in [0.15, 0.2) is 48.5 Å². The van der Waals surface area contributed by atoms with E-state index in [1.807, 2.05) is 6.92 Å². The van der Waals surface area contributed by atoms with Gasteiger partial charge in [0.2, 0.25) is 5.91 Å². The van der Waals surface area contributed by atoms with Gasteiger partial charge < -0.3 is 10.6 Å². The maximum Gasteiger partial charge on any atom is 0.251 e. The van der Waals surface area contributed by atoms with E-state index in [2.05, 4.69) is 10.6 Å². The quantitative estimate of drug-likeness (QED) is 0.799. The Kier molecular flexibility index (Phi) is 4.22. The molecule has 0 aliphatic heterocycles. The fourth-order valence-corrected chi connectivity index (χ4v) is 4.65. The van der Waals surface area contributed by atoms with Crippen LogP contribution in [0.1, 0.15) is 36.5 Å². The van der Waals surface area contributed by atoms with Crippen LogP contribution in [0.4, 0.5) is 10.1 Å². The third-order valence-electron chi connectivity index (χ3n) is 5.96. The van der Waals surface area contributed by atoms with Crippen molar-refractivity contribution in [2.75, 3.05) is 5.32 Å². The van der Waals surface area contributed by atoms with Gasteiger partial charge in [-0.25, -0.2) is 4.39 Å². The Morgan fingerprint density at radius 1 is 1.11 bits per heavy atom. The largest absolute Gasteiger partial charge is 0.347 e. The van der Waals surface area contributed by atoms with Crippen LogP contribution in [-0.2, 0) is 4.79 Å². The van der Waals surface area contributed by atoms with Gasteiger partial charge in [0.05, 0.1) is 0 Å². The van der Waals surface area contributed by atoms with Crippen molar-refractivity contribution in [3.05, 3.63) is 64.9 Å². The monoisotopic (exact) mass is 386 g/mol. The summed E-state index contributed by atoms with van der Waals surface area (Å²) in [5.74, 6) is -0.712. The predicted octanol–water partition coefficient (Wildman–Crippen LogP) is 4.41. The molecule has 0 radical (unpaired) electrons. The lowest BCUT2D eigenvalue weighted by molar-refractivity contribution is -0.184. The van der Waals surface area contributed by atoms with Gasteiger partial charge in [-0.1, -0.05) is 24.6 Å². The van der Waals surface area contributed by atoms with Crippen molar-refractivity contribution < 1.29 is 14.0 Å². The highest BCUT2D eigenvalue weighted by Gasteiger charge is 2.71. The molecule has 3 saturated carbocycles. The molecule has 0 aromatic heterocycles. The van der Waals surface area contributed by atoms with E-state index in [1.165, 1.54) is 12.1 Å². The van der Waals surface area contributed by atoms with Crippen molar-refractivity contribution in [2.24, 2.45) is 11.3 Å². The van der Waals surface area contributed by atoms with Crippen LogP contribution in [-0.4, -0.2) is 17.4 Å². The smallest absolute Gasteiger partial charge is 0.251 e. The van der Waals surface area contributed by atoms with Crippen LogP contribution in [0.25, 0.3) is 0 Å². The van der Waals surface area contributed by atoms with Crippen molar-refractivity contribution in [1.82, 2.24) is 5.32 Å². The summed E-state index contributed by atoms with van der Waals surface area (Å²) in [4.78, 5) is 25.0. The number of halogens is 2. The number of hydrogen-bond donors (Lipinski definition) is 2. The van der Waals surface area contributed by atoms with Gasteiger partial charge >= 0.3 is 0 Å². The van der Waals surface area contributed by atoms with E-state index in [4.69, 9.17) is 11.6 Å². The van der Waals surface area contributed by atoms with Crippen molar-refractivity contribution in [1.29, 1.82) is 0 Å². The minimum atomic E-state index is -0.335. The number of rotatable bonds is 5. The number of carbonyl (C=O) groups excluding carboxylic acids is 2. The molecule has 3 fully saturated rings. The summed E-state index contributed by atoms with van der Waals surface area (Å²) in [6.45, 7) is 1.92. The first-order chi connectivity index (χ1) is 12.8. The molecule has 3 aliphatic carbocycles. The van der Waals surface area contributed by atoms with Gasteiger partial charge in [0.1, 0.15) is 5.82 Å². The number of nitrogens with one attached hydrogen (secondary N) is 2. The molecule has 140 valence electrons. The second-order valence-electron chi connectivity index (χ2n) is 7.86. The van der Waals surface area contributed by atoms with Gasteiger partial charge in [0.15, 0.2) is 0 Å². The van der Waals surface area contributed by atoms with E-state index < -0.39 is 0 Å². The highest BCUT2D eigenvalue weighted by atomic mass is 35.5. The third kappa shape index (κ3) is 3.21. The molecule has 0 heterocycles. The fraction of sp³-hybridized carbons (Fsp3) is 0.333. The summed E-state index contributed by atoms with van der Waals surface area (Å²) in [7, 11) is 0. The summed E-state index contributed by atoms with van der Waals surface area (Å²) in [6, 6.07) is 12.6. The Bertz CT molecular complexity index is 893. The molecule has 4 nitrogen and oxygen atoms in total. The van der Waals surface area contributed by atoms with E-state index in [9.17, 15) is 14.0 Å². The van der Waals surface area contributed by atoms with Crippen molar-refractivity contribution >= 4 is 29.1 Å². The Balaban J connectivity index is 1.33. The first kappa shape index (κ1) is 18.0. The van der Waals surface area contributed by atoms with Crippen LogP contribution in [0.3, 0.4) is 0 Å². The summed E-state index contributed by atoms with van der Waals surface area (Å²) in [5, 5.41) is 6.48. The molecule has 2 N–H and O–H groups in total. The average molecular weight is 387 g/mol. The number of carbonyl (C=O) groups is 2. The average Bonchev–Trinajstić information content (AvgIpc) is 2.58. The maximum absolute atomic E-state index is 13.0. The van der Waals surface area contributed by atoms with Gasteiger partial charge in [-0.15, -0.1) is 0 Å². The summed E-state index contributed by atoms with van der Waals surface area (Å²) < 4.78 is 13.0. The molecule has 2 amide bonds. The van der Waals surface area contributed by atoms with E-state index in [0.717, 1.165) is 19.3 Å². The fourth-order valence-electron chi connectivity index (χ4n) is 4.46. The first-order valence-corrected chi connectivity index (χ1v) is 9.33. The number of benzene rings is 2. The molecule has 0 spiro atoms. The van der Waals surface area contributed by atoms with E-state index in [1.54, 1.807) is 36.4 Å². The van der Waals surface area contributed by atoms with Gasteiger partial charge in [0.25, 0.3) is 5.91 Å². The van der Waals surface area contributed by atoms with Crippen molar-refractivity contribution in [3.8, 4) is 0 Å². The van der Waals surface area contributed by atoms with Crippen LogP contribution in [0.5, 0.6) is 0 Å². The Labute approximate surface area is 162 Å². The molecule has 1 unspecified atom stereocenters. The van der Waals surface area contributed by atoms with Gasteiger partial charge in [-0.05, 0) is 67.1 Å². The highest BCUT2D eigenvalue weighted by molar-refractivity contribution is 6.31. The molecular weight excluding hydrogens is 367 g/mol. The minimum absolute atomic E-state index is 0.0638. The van der Waals surface area contributed by atoms with Crippen LogP contribution in [0, 0.1) is 17.2 Å². The first-order valence-electron chi connectivity index (χ1n) is 8.95. The molecule has 1 atom stereocenters. The third-order valence-corrected chi connectivity index (χ3v) is 6.20. The molecule has 3 aliphatic rings. The molecule has 5 rings (SSSR count). The summed E-state index contributed by atoms with van der Waals surface area (Å²) in [5.41, 5.74) is 0.863. The van der Waals surface area contributed by atoms with Crippen LogP contribution in [0.2, 0.25) is 5.02 Å². The predicted molar refractivity (Wildman–Crippen MR) is 102 cm³/mol. The topological polar surface area (TPSA) is 58.2 Å². The summed E-state index contributed by atoms with van der Waals surface area (Å²) in [6.07, 6.45) is 2.39. The Morgan fingerprint density at radius 3 is 2.41 bits per heavy atom. The zero-order chi connectivity index (χ0) is 19.2. The number of anilines is 1. The van der Waals surface area contributed by atoms with Crippen LogP contribution < -0.4 is 10.6 Å².